The number of rotatable bonds is 9. The lowest BCUT2D eigenvalue weighted by Crippen LogP contribution is -2.50. The van der Waals surface area contributed by atoms with E-state index in [1.807, 2.05) is 13.8 Å². The molecule has 0 heterocycles. The molecule has 1 aliphatic rings. The number of hydrogen-bond acceptors (Lipinski definition) is 6. The van der Waals surface area contributed by atoms with Gasteiger partial charge in [0.2, 0.25) is 0 Å². The number of nitrogens with one attached hydrogen (secondary N) is 2. The largest absolute Gasteiger partial charge is 0.481 e. The van der Waals surface area contributed by atoms with Crippen molar-refractivity contribution in [2.75, 3.05) is 13.2 Å². The molecule has 1 aromatic carbocycles. The standard InChI is InChI=1S/C19H26N2O5S/c1-4-5-12-26-15-6-8-16(9-7-15)27(24,25)19(10-11-19)13-20-17(14(2)3)18(22)21-23/h6-9,14,17,20,23H,10-13H2,1-3H3,(H,21,22). The first kappa shape index (κ1) is 21.2. The Morgan fingerprint density at radius 2 is 1.93 bits per heavy atom. The van der Waals surface area contributed by atoms with Crippen molar-refractivity contribution in [3.8, 4) is 17.6 Å². The van der Waals surface area contributed by atoms with Crippen molar-refractivity contribution in [3.05, 3.63) is 24.3 Å². The van der Waals surface area contributed by atoms with Crippen LogP contribution in [0.15, 0.2) is 29.2 Å². The third-order valence-electron chi connectivity index (χ3n) is 4.70. The van der Waals surface area contributed by atoms with Crippen LogP contribution in [0.3, 0.4) is 0 Å². The van der Waals surface area contributed by atoms with E-state index in [0.29, 0.717) is 18.6 Å². The van der Waals surface area contributed by atoms with Gasteiger partial charge in [-0.15, -0.1) is 5.92 Å². The van der Waals surface area contributed by atoms with E-state index in [0.717, 1.165) is 0 Å². The lowest BCUT2D eigenvalue weighted by atomic mass is 10.0. The number of benzene rings is 1. The summed E-state index contributed by atoms with van der Waals surface area (Å²) in [6.07, 6.45) is 1.05. The molecule has 0 aromatic heterocycles. The van der Waals surface area contributed by atoms with Crippen LogP contribution in [-0.4, -0.2) is 43.5 Å². The molecule has 1 fully saturated rings. The Hall–Kier alpha value is -2.08. The lowest BCUT2D eigenvalue weighted by molar-refractivity contribution is -0.132. The molecule has 0 radical (unpaired) electrons. The fraction of sp³-hybridized carbons (Fsp3) is 0.526. The second kappa shape index (κ2) is 8.74. The highest BCUT2D eigenvalue weighted by molar-refractivity contribution is 7.93. The van der Waals surface area contributed by atoms with Gasteiger partial charge in [0, 0.05) is 6.54 Å². The SMILES string of the molecule is CC#CCOc1ccc(S(=O)(=O)C2(CNC(C(=O)NO)C(C)C)CC2)cc1. The van der Waals surface area contributed by atoms with Crippen LogP contribution in [0.25, 0.3) is 0 Å². The van der Waals surface area contributed by atoms with Gasteiger partial charge < -0.3 is 10.1 Å². The number of carbonyl (C=O) groups is 1. The zero-order valence-electron chi connectivity index (χ0n) is 15.8. The third kappa shape index (κ3) is 4.80. The molecule has 8 heteroatoms. The quantitative estimate of drug-likeness (QED) is 0.333. The number of amides is 1. The number of ether oxygens (including phenoxy) is 1. The zero-order valence-corrected chi connectivity index (χ0v) is 16.6. The van der Waals surface area contributed by atoms with Gasteiger partial charge in [0.15, 0.2) is 9.84 Å². The Morgan fingerprint density at radius 3 is 2.41 bits per heavy atom. The predicted octanol–water partition coefficient (Wildman–Crippen LogP) is 1.51. The molecule has 2 rings (SSSR count). The number of carbonyl (C=O) groups excluding carboxylic acids is 1. The fourth-order valence-electron chi connectivity index (χ4n) is 2.83. The first-order valence-corrected chi connectivity index (χ1v) is 10.3. The average molecular weight is 394 g/mol. The topological polar surface area (TPSA) is 105 Å². The van der Waals surface area contributed by atoms with Crippen molar-refractivity contribution in [2.45, 2.75) is 49.3 Å². The third-order valence-corrected chi connectivity index (χ3v) is 7.29. The molecule has 3 N–H and O–H groups in total. The van der Waals surface area contributed by atoms with E-state index in [1.165, 1.54) is 12.1 Å². The number of sulfone groups is 1. The molecule has 1 aliphatic carbocycles. The molecule has 27 heavy (non-hydrogen) atoms. The predicted molar refractivity (Wildman–Crippen MR) is 101 cm³/mol. The van der Waals surface area contributed by atoms with Gasteiger partial charge in [-0.25, -0.2) is 13.9 Å². The molecule has 148 valence electrons. The van der Waals surface area contributed by atoms with E-state index in [4.69, 9.17) is 9.94 Å². The van der Waals surface area contributed by atoms with Gasteiger partial charge in [-0.1, -0.05) is 19.8 Å². The highest BCUT2D eigenvalue weighted by Gasteiger charge is 2.55. The van der Waals surface area contributed by atoms with Crippen molar-refractivity contribution in [3.63, 3.8) is 0 Å². The van der Waals surface area contributed by atoms with E-state index in [2.05, 4.69) is 17.2 Å². The molecule has 0 spiro atoms. The molecule has 1 saturated carbocycles. The minimum Gasteiger partial charge on any atom is -0.481 e. The van der Waals surface area contributed by atoms with Gasteiger partial charge in [0.05, 0.1) is 15.7 Å². The second-order valence-electron chi connectivity index (χ2n) is 6.95. The summed E-state index contributed by atoms with van der Waals surface area (Å²) in [5.74, 6) is 5.38. The van der Waals surface area contributed by atoms with Crippen LogP contribution >= 0.6 is 0 Å². The molecular weight excluding hydrogens is 368 g/mol. The molecule has 1 amide bonds. The van der Waals surface area contributed by atoms with Crippen molar-refractivity contribution in [1.82, 2.24) is 10.8 Å². The van der Waals surface area contributed by atoms with E-state index >= 15 is 0 Å². The van der Waals surface area contributed by atoms with Gasteiger partial charge in [-0.2, -0.15) is 0 Å². The van der Waals surface area contributed by atoms with Crippen LogP contribution < -0.4 is 15.5 Å². The van der Waals surface area contributed by atoms with E-state index in [1.54, 1.807) is 24.5 Å². The summed E-state index contributed by atoms with van der Waals surface area (Å²) in [5.41, 5.74) is 1.63. The second-order valence-corrected chi connectivity index (χ2v) is 9.30. The average Bonchev–Trinajstić information content (AvgIpc) is 3.43. The molecular formula is C19H26N2O5S. The van der Waals surface area contributed by atoms with Gasteiger partial charge in [0.1, 0.15) is 12.4 Å². The summed E-state index contributed by atoms with van der Waals surface area (Å²) in [4.78, 5) is 12.0. The van der Waals surface area contributed by atoms with Gasteiger partial charge in [0.25, 0.3) is 5.91 Å². The highest BCUT2D eigenvalue weighted by Crippen LogP contribution is 2.46. The summed E-state index contributed by atoms with van der Waals surface area (Å²) >= 11 is 0. The Labute approximate surface area is 160 Å². The molecule has 7 nitrogen and oxygen atoms in total. The Morgan fingerprint density at radius 1 is 1.30 bits per heavy atom. The van der Waals surface area contributed by atoms with Crippen molar-refractivity contribution in [1.29, 1.82) is 0 Å². The summed E-state index contributed by atoms with van der Waals surface area (Å²) in [6.45, 7) is 5.76. The van der Waals surface area contributed by atoms with Crippen LogP contribution in [0.4, 0.5) is 0 Å². The summed E-state index contributed by atoms with van der Waals surface area (Å²) < 4.78 is 30.6. The smallest absolute Gasteiger partial charge is 0.260 e. The monoisotopic (exact) mass is 394 g/mol. The normalized spacial score (nSPS) is 16.2. The highest BCUT2D eigenvalue weighted by atomic mass is 32.2. The molecule has 1 unspecified atom stereocenters. The van der Waals surface area contributed by atoms with Crippen molar-refractivity contribution in [2.24, 2.45) is 5.92 Å². The lowest BCUT2D eigenvalue weighted by Gasteiger charge is -2.24. The van der Waals surface area contributed by atoms with Crippen molar-refractivity contribution >= 4 is 15.7 Å². The van der Waals surface area contributed by atoms with Crippen LogP contribution in [0, 0.1) is 17.8 Å². The number of hydrogen-bond donors (Lipinski definition) is 3. The van der Waals surface area contributed by atoms with Crippen LogP contribution in [0.1, 0.15) is 33.6 Å². The van der Waals surface area contributed by atoms with E-state index < -0.39 is 26.5 Å². The zero-order chi connectivity index (χ0) is 20.1. The number of hydroxylamine groups is 1. The molecule has 1 atom stereocenters. The Kier molecular flexibility index (Phi) is 6.87. The minimum absolute atomic E-state index is 0.0988. The Balaban J connectivity index is 2.10. The van der Waals surface area contributed by atoms with E-state index in [9.17, 15) is 13.2 Å². The minimum atomic E-state index is -3.56. The van der Waals surface area contributed by atoms with Crippen LogP contribution in [0.2, 0.25) is 0 Å². The van der Waals surface area contributed by atoms with Gasteiger partial charge in [-0.3, -0.25) is 10.0 Å². The molecule has 1 aromatic rings. The maximum Gasteiger partial charge on any atom is 0.260 e. The van der Waals surface area contributed by atoms with Crippen LogP contribution in [0.5, 0.6) is 5.75 Å². The first-order chi connectivity index (χ1) is 12.8. The first-order valence-electron chi connectivity index (χ1n) is 8.82. The van der Waals surface area contributed by atoms with Gasteiger partial charge in [-0.05, 0) is 49.9 Å². The fourth-order valence-corrected chi connectivity index (χ4v) is 4.74. The van der Waals surface area contributed by atoms with Crippen molar-refractivity contribution < 1.29 is 23.2 Å². The summed E-state index contributed by atoms with van der Waals surface area (Å²) in [6, 6.07) is 5.63. The Bertz CT molecular complexity index is 818. The molecule has 0 saturated heterocycles. The molecule has 0 bridgehead atoms. The summed E-state index contributed by atoms with van der Waals surface area (Å²) in [7, 11) is -3.56. The maximum atomic E-state index is 13.1. The maximum absolute atomic E-state index is 13.1. The molecule has 0 aliphatic heterocycles. The van der Waals surface area contributed by atoms with E-state index in [-0.39, 0.29) is 24.0 Å². The van der Waals surface area contributed by atoms with Crippen LogP contribution in [-0.2, 0) is 14.6 Å². The summed E-state index contributed by atoms with van der Waals surface area (Å²) in [5, 5.41) is 11.9. The van der Waals surface area contributed by atoms with Gasteiger partial charge >= 0.3 is 0 Å².